The van der Waals surface area contributed by atoms with Crippen molar-refractivity contribution in [2.45, 2.75) is 52.7 Å². The van der Waals surface area contributed by atoms with Gasteiger partial charge in [-0.15, -0.1) is 0 Å². The molecule has 0 saturated heterocycles. The molecule has 0 aromatic carbocycles. The summed E-state index contributed by atoms with van der Waals surface area (Å²) in [5.74, 6) is -0.237. The van der Waals surface area contributed by atoms with Crippen molar-refractivity contribution in [1.82, 2.24) is 0 Å². The maximum Gasteiger partial charge on any atom is 0.302 e. The lowest BCUT2D eigenvalue weighted by atomic mass is 10.2. The smallest absolute Gasteiger partial charge is 0.302 e. The molecule has 0 aromatic heterocycles. The van der Waals surface area contributed by atoms with Crippen LogP contribution in [0.1, 0.15) is 40.5 Å². The number of carbonyl (C=O) groups excluding carboxylic acids is 1. The fraction of sp³-hybridized carbons (Fsp3) is 0.900. The third-order valence-corrected chi connectivity index (χ3v) is 1.83. The molecule has 0 saturated carbocycles. The topological polar surface area (TPSA) is 35.5 Å². The highest BCUT2D eigenvalue weighted by atomic mass is 16.6. The van der Waals surface area contributed by atoms with Gasteiger partial charge in [0, 0.05) is 13.5 Å². The molecule has 13 heavy (non-hydrogen) atoms. The van der Waals surface area contributed by atoms with Crippen LogP contribution in [0.3, 0.4) is 0 Å². The summed E-state index contributed by atoms with van der Waals surface area (Å²) in [5, 5.41) is 0. The molecule has 0 rings (SSSR count). The molecular weight excluding hydrogens is 168 g/mol. The van der Waals surface area contributed by atoms with Crippen LogP contribution in [0.5, 0.6) is 0 Å². The maximum atomic E-state index is 10.7. The van der Waals surface area contributed by atoms with E-state index in [-0.39, 0.29) is 18.2 Å². The molecule has 0 N–H and O–H groups in total. The first-order chi connectivity index (χ1) is 6.11. The van der Waals surface area contributed by atoms with Crippen molar-refractivity contribution < 1.29 is 14.3 Å². The Bertz CT molecular complexity index is 145. The van der Waals surface area contributed by atoms with E-state index in [1.54, 1.807) is 0 Å². The van der Waals surface area contributed by atoms with E-state index in [4.69, 9.17) is 9.47 Å². The summed E-state index contributed by atoms with van der Waals surface area (Å²) in [6.45, 7) is 8.12. The van der Waals surface area contributed by atoms with Crippen molar-refractivity contribution >= 4 is 5.97 Å². The van der Waals surface area contributed by atoms with Gasteiger partial charge in [-0.3, -0.25) is 4.79 Å². The number of hydrogen-bond donors (Lipinski definition) is 0. The van der Waals surface area contributed by atoms with Crippen LogP contribution in [-0.2, 0) is 14.3 Å². The van der Waals surface area contributed by atoms with Gasteiger partial charge in [-0.25, -0.2) is 0 Å². The molecule has 0 aliphatic carbocycles. The highest BCUT2D eigenvalue weighted by Crippen LogP contribution is 2.08. The Morgan fingerprint density at radius 1 is 1.38 bits per heavy atom. The van der Waals surface area contributed by atoms with Crippen LogP contribution in [0.25, 0.3) is 0 Å². The highest BCUT2D eigenvalue weighted by molar-refractivity contribution is 5.66. The van der Waals surface area contributed by atoms with Crippen LogP contribution in [-0.4, -0.2) is 24.8 Å². The summed E-state index contributed by atoms with van der Waals surface area (Å²) in [6.07, 6.45) is 1.67. The van der Waals surface area contributed by atoms with E-state index in [0.717, 1.165) is 19.4 Å². The summed E-state index contributed by atoms with van der Waals surface area (Å²) in [6, 6.07) is 0. The van der Waals surface area contributed by atoms with Crippen molar-refractivity contribution in [3.05, 3.63) is 0 Å². The van der Waals surface area contributed by atoms with Crippen LogP contribution in [0.2, 0.25) is 0 Å². The largest absolute Gasteiger partial charge is 0.460 e. The first-order valence-electron chi connectivity index (χ1n) is 4.90. The third-order valence-electron chi connectivity index (χ3n) is 1.83. The molecule has 3 heteroatoms. The van der Waals surface area contributed by atoms with Gasteiger partial charge in [0.1, 0.15) is 6.10 Å². The van der Waals surface area contributed by atoms with E-state index >= 15 is 0 Å². The first-order valence-corrected chi connectivity index (χ1v) is 4.90. The Morgan fingerprint density at radius 3 is 2.38 bits per heavy atom. The Labute approximate surface area is 80.4 Å². The molecule has 0 fully saturated rings. The number of carbonyl (C=O) groups is 1. The average Bonchev–Trinajstić information content (AvgIpc) is 2.09. The predicted molar refractivity (Wildman–Crippen MR) is 51.6 cm³/mol. The minimum absolute atomic E-state index is 0.00569. The first kappa shape index (κ1) is 12.4. The van der Waals surface area contributed by atoms with Crippen molar-refractivity contribution in [2.24, 2.45) is 0 Å². The molecule has 0 spiro atoms. The van der Waals surface area contributed by atoms with Crippen LogP contribution in [0.4, 0.5) is 0 Å². The molecule has 0 heterocycles. The molecule has 0 aliphatic rings. The quantitative estimate of drug-likeness (QED) is 0.599. The Kier molecular flexibility index (Phi) is 6.59. The van der Waals surface area contributed by atoms with Gasteiger partial charge in [0.05, 0.1) is 6.10 Å². The Morgan fingerprint density at radius 2 is 2.00 bits per heavy atom. The van der Waals surface area contributed by atoms with Gasteiger partial charge in [-0.1, -0.05) is 13.8 Å². The molecular formula is C10H20O3. The van der Waals surface area contributed by atoms with E-state index in [0.29, 0.717) is 0 Å². The van der Waals surface area contributed by atoms with E-state index in [1.807, 2.05) is 13.8 Å². The molecule has 0 aliphatic heterocycles. The summed E-state index contributed by atoms with van der Waals surface area (Å²) in [5.41, 5.74) is 0. The number of rotatable bonds is 6. The van der Waals surface area contributed by atoms with Crippen molar-refractivity contribution in [3.63, 3.8) is 0 Å². The minimum Gasteiger partial charge on any atom is -0.460 e. The maximum absolute atomic E-state index is 10.7. The lowest BCUT2D eigenvalue weighted by molar-refractivity contribution is -0.154. The Hall–Kier alpha value is -0.570. The normalized spacial score (nSPS) is 15.1. The second-order valence-corrected chi connectivity index (χ2v) is 3.13. The number of hydrogen-bond acceptors (Lipinski definition) is 3. The average molecular weight is 188 g/mol. The van der Waals surface area contributed by atoms with Crippen LogP contribution < -0.4 is 0 Å². The fourth-order valence-electron chi connectivity index (χ4n) is 1.14. The third kappa shape index (κ3) is 5.64. The van der Waals surface area contributed by atoms with Crippen molar-refractivity contribution in [2.75, 3.05) is 6.61 Å². The SMILES string of the molecule is CCCOC(C)C(CC)OC(C)=O. The summed E-state index contributed by atoms with van der Waals surface area (Å²) < 4.78 is 10.6. The lowest BCUT2D eigenvalue weighted by Crippen LogP contribution is -2.30. The van der Waals surface area contributed by atoms with Gasteiger partial charge in [-0.2, -0.15) is 0 Å². The molecule has 2 atom stereocenters. The lowest BCUT2D eigenvalue weighted by Gasteiger charge is -2.22. The number of esters is 1. The fourth-order valence-corrected chi connectivity index (χ4v) is 1.14. The van der Waals surface area contributed by atoms with Crippen LogP contribution >= 0.6 is 0 Å². The monoisotopic (exact) mass is 188 g/mol. The number of ether oxygens (including phenoxy) is 2. The van der Waals surface area contributed by atoms with E-state index < -0.39 is 0 Å². The molecule has 0 aromatic rings. The van der Waals surface area contributed by atoms with Gasteiger partial charge in [0.15, 0.2) is 0 Å². The van der Waals surface area contributed by atoms with E-state index in [1.165, 1.54) is 6.92 Å². The molecule has 0 radical (unpaired) electrons. The summed E-state index contributed by atoms with van der Waals surface area (Å²) >= 11 is 0. The molecule has 78 valence electrons. The molecule has 0 amide bonds. The van der Waals surface area contributed by atoms with Crippen LogP contribution in [0.15, 0.2) is 0 Å². The van der Waals surface area contributed by atoms with E-state index in [9.17, 15) is 4.79 Å². The van der Waals surface area contributed by atoms with Crippen molar-refractivity contribution in [3.8, 4) is 0 Å². The zero-order valence-electron chi connectivity index (χ0n) is 9.00. The van der Waals surface area contributed by atoms with Gasteiger partial charge in [0.2, 0.25) is 0 Å². The molecule has 0 bridgehead atoms. The zero-order valence-corrected chi connectivity index (χ0v) is 9.00. The zero-order chi connectivity index (χ0) is 10.3. The molecule has 3 nitrogen and oxygen atoms in total. The minimum atomic E-state index is -0.237. The Balaban J connectivity index is 3.84. The van der Waals surface area contributed by atoms with Gasteiger partial charge >= 0.3 is 5.97 Å². The van der Waals surface area contributed by atoms with Gasteiger partial charge in [0.25, 0.3) is 0 Å². The second-order valence-electron chi connectivity index (χ2n) is 3.13. The van der Waals surface area contributed by atoms with Gasteiger partial charge < -0.3 is 9.47 Å². The predicted octanol–water partition coefficient (Wildman–Crippen LogP) is 2.14. The highest BCUT2D eigenvalue weighted by Gasteiger charge is 2.18. The molecule has 2 unspecified atom stereocenters. The summed E-state index contributed by atoms with van der Waals surface area (Å²) in [4.78, 5) is 10.7. The van der Waals surface area contributed by atoms with Crippen LogP contribution in [0, 0.1) is 0 Å². The van der Waals surface area contributed by atoms with Gasteiger partial charge in [-0.05, 0) is 19.8 Å². The van der Waals surface area contributed by atoms with E-state index in [2.05, 4.69) is 6.92 Å². The summed E-state index contributed by atoms with van der Waals surface area (Å²) in [7, 11) is 0. The second kappa shape index (κ2) is 6.89. The standard InChI is InChI=1S/C10H20O3/c1-5-7-12-8(3)10(6-2)13-9(4)11/h8,10H,5-7H2,1-4H3. The van der Waals surface area contributed by atoms with Crippen molar-refractivity contribution in [1.29, 1.82) is 0 Å².